The molecule has 1 atom stereocenters. The molecule has 0 bridgehead atoms. The van der Waals surface area contributed by atoms with Gasteiger partial charge < -0.3 is 14.6 Å². The fraction of sp³-hybridized carbons (Fsp3) is 0.484. The first kappa shape index (κ1) is 28.4. The van der Waals surface area contributed by atoms with Crippen LogP contribution in [0.2, 0.25) is 0 Å². The number of aliphatic hydroxyl groups excluding tert-OH is 1. The summed E-state index contributed by atoms with van der Waals surface area (Å²) in [5.74, 6) is -0.470. The summed E-state index contributed by atoms with van der Waals surface area (Å²) in [6, 6.07) is 16.0. The quantitative estimate of drug-likeness (QED) is 0.230. The molecule has 0 aliphatic heterocycles. The lowest BCUT2D eigenvalue weighted by Gasteiger charge is -2.25. The normalized spacial score (nSPS) is 15.2. The number of Topliss-reactive ketones (excluding diaryl/α,β-unsaturated/α-hetero) is 1. The highest BCUT2D eigenvalue weighted by atomic mass is 32.1. The monoisotopic (exact) mass is 537 g/mol. The maximum absolute atomic E-state index is 12.9. The van der Waals surface area contributed by atoms with E-state index in [0.29, 0.717) is 11.4 Å². The number of ether oxygens (including phenoxy) is 2. The van der Waals surface area contributed by atoms with E-state index in [-0.39, 0.29) is 30.1 Å². The van der Waals surface area contributed by atoms with Crippen molar-refractivity contribution in [3.63, 3.8) is 0 Å². The Morgan fingerprint density at radius 1 is 1.03 bits per heavy atom. The first-order valence-electron chi connectivity index (χ1n) is 13.5. The molecular weight excluding hydrogens is 498 g/mol. The van der Waals surface area contributed by atoms with Crippen molar-refractivity contribution >= 4 is 33.2 Å². The number of benzene rings is 2. The van der Waals surface area contributed by atoms with Crippen LogP contribution in [0.15, 0.2) is 48.5 Å². The summed E-state index contributed by atoms with van der Waals surface area (Å²) in [5, 5.41) is 13.5. The highest BCUT2D eigenvalue weighted by Gasteiger charge is 2.27. The Labute approximate surface area is 229 Å². The van der Waals surface area contributed by atoms with Crippen LogP contribution in [0.1, 0.15) is 72.8 Å². The predicted molar refractivity (Wildman–Crippen MR) is 152 cm³/mol. The Balaban J connectivity index is 1.35. The number of aryl methyl sites for hydroxylation is 2. The standard InChI is InChI=1S/C31H39NO5S/c1-31(2,3)36-20-26(30(35)37-25-9-4-5-10-25)32-18-23-8-6-7-21(15-23)11-12-22-13-14-24-17-29(27(34)19-33)38-28(24)16-22/h6-8,13-17,25-26,32-33H,4-5,9-12,18-20H2,1-3H3/t26-/m0/s1. The van der Waals surface area contributed by atoms with Crippen LogP contribution in [0.3, 0.4) is 0 Å². The lowest BCUT2D eigenvalue weighted by atomic mass is 10.0. The van der Waals surface area contributed by atoms with Crippen molar-refractivity contribution in [2.45, 2.75) is 83.6 Å². The van der Waals surface area contributed by atoms with E-state index in [1.807, 2.05) is 32.9 Å². The lowest BCUT2D eigenvalue weighted by Crippen LogP contribution is -2.44. The van der Waals surface area contributed by atoms with Gasteiger partial charge in [0.2, 0.25) is 0 Å². The Bertz CT molecular complexity index is 1240. The first-order valence-corrected chi connectivity index (χ1v) is 14.3. The van der Waals surface area contributed by atoms with E-state index in [4.69, 9.17) is 14.6 Å². The molecule has 1 saturated carbocycles. The van der Waals surface area contributed by atoms with Crippen LogP contribution in [0.5, 0.6) is 0 Å². The molecule has 204 valence electrons. The van der Waals surface area contributed by atoms with Gasteiger partial charge in [0.1, 0.15) is 18.8 Å². The van der Waals surface area contributed by atoms with Crippen molar-refractivity contribution in [1.29, 1.82) is 0 Å². The molecule has 0 amide bonds. The van der Waals surface area contributed by atoms with Crippen molar-refractivity contribution < 1.29 is 24.2 Å². The van der Waals surface area contributed by atoms with Crippen molar-refractivity contribution in [1.82, 2.24) is 5.32 Å². The molecule has 1 heterocycles. The molecule has 4 rings (SSSR count). The summed E-state index contributed by atoms with van der Waals surface area (Å²) < 4.78 is 12.8. The first-order chi connectivity index (χ1) is 18.2. The van der Waals surface area contributed by atoms with Crippen molar-refractivity contribution in [2.75, 3.05) is 13.2 Å². The van der Waals surface area contributed by atoms with Gasteiger partial charge in [-0.3, -0.25) is 14.9 Å². The lowest BCUT2D eigenvalue weighted by molar-refractivity contribution is -0.154. The third-order valence-electron chi connectivity index (χ3n) is 6.80. The molecule has 1 aromatic heterocycles. The zero-order valence-electron chi connectivity index (χ0n) is 22.6. The molecule has 1 fully saturated rings. The van der Waals surface area contributed by atoms with Crippen LogP contribution in [-0.2, 0) is 33.7 Å². The molecule has 2 aromatic carbocycles. The number of thiophene rings is 1. The van der Waals surface area contributed by atoms with Crippen LogP contribution >= 0.6 is 11.3 Å². The summed E-state index contributed by atoms with van der Waals surface area (Å²) >= 11 is 1.43. The Hall–Kier alpha value is -2.58. The van der Waals surface area contributed by atoms with Crippen molar-refractivity contribution in [2.24, 2.45) is 0 Å². The fourth-order valence-corrected chi connectivity index (χ4v) is 5.72. The average Bonchev–Trinajstić information content (AvgIpc) is 3.56. The number of hydrogen-bond donors (Lipinski definition) is 2. The second-order valence-electron chi connectivity index (χ2n) is 11.1. The molecule has 7 heteroatoms. The van der Waals surface area contributed by atoms with Gasteiger partial charge in [0.15, 0.2) is 5.78 Å². The van der Waals surface area contributed by atoms with Crippen LogP contribution < -0.4 is 5.32 Å². The van der Waals surface area contributed by atoms with E-state index in [0.717, 1.165) is 54.2 Å². The van der Waals surface area contributed by atoms with Crippen molar-refractivity contribution in [3.05, 3.63) is 70.1 Å². The number of fused-ring (bicyclic) bond motifs is 1. The predicted octanol–water partition coefficient (Wildman–Crippen LogP) is 5.62. The third kappa shape index (κ3) is 8.21. The number of aliphatic hydroxyl groups is 1. The Morgan fingerprint density at radius 2 is 1.74 bits per heavy atom. The molecule has 38 heavy (non-hydrogen) atoms. The number of ketones is 1. The molecule has 6 nitrogen and oxygen atoms in total. The second-order valence-corrected chi connectivity index (χ2v) is 12.2. The number of carbonyl (C=O) groups excluding carboxylic acids is 2. The number of nitrogens with one attached hydrogen (secondary N) is 1. The molecule has 1 aliphatic rings. The minimum atomic E-state index is -0.515. The van der Waals surface area contributed by atoms with Gasteiger partial charge in [-0.1, -0.05) is 36.4 Å². The van der Waals surface area contributed by atoms with Crippen LogP contribution in [0, 0.1) is 0 Å². The average molecular weight is 538 g/mol. The van der Waals surface area contributed by atoms with E-state index >= 15 is 0 Å². The van der Waals surface area contributed by atoms with Gasteiger partial charge in [0.25, 0.3) is 0 Å². The van der Waals surface area contributed by atoms with E-state index in [2.05, 4.69) is 41.7 Å². The largest absolute Gasteiger partial charge is 0.461 e. The van der Waals surface area contributed by atoms with Crippen LogP contribution in [0.4, 0.5) is 0 Å². The number of hydrogen-bond acceptors (Lipinski definition) is 7. The number of esters is 1. The summed E-state index contributed by atoms with van der Waals surface area (Å²) in [5.41, 5.74) is 3.20. The third-order valence-corrected chi connectivity index (χ3v) is 7.94. The van der Waals surface area contributed by atoms with Gasteiger partial charge in [-0.2, -0.15) is 0 Å². The van der Waals surface area contributed by atoms with Crippen molar-refractivity contribution in [3.8, 4) is 0 Å². The number of rotatable bonds is 12. The van der Waals surface area contributed by atoms with Gasteiger partial charge in [-0.25, -0.2) is 0 Å². The second kappa shape index (κ2) is 13.0. The van der Waals surface area contributed by atoms with Crippen LogP contribution in [-0.4, -0.2) is 47.8 Å². The zero-order valence-corrected chi connectivity index (χ0v) is 23.4. The molecule has 3 aromatic rings. The SMILES string of the molecule is CC(C)(C)OC[C@H](NCc1cccc(CCc2ccc3cc(C(=O)CO)sc3c2)c1)C(=O)OC1CCCC1. The molecule has 0 radical (unpaired) electrons. The van der Waals surface area contributed by atoms with Crippen LogP contribution in [0.25, 0.3) is 10.1 Å². The smallest absolute Gasteiger partial charge is 0.325 e. The molecule has 0 saturated heterocycles. The summed E-state index contributed by atoms with van der Waals surface area (Å²) in [7, 11) is 0. The van der Waals surface area contributed by atoms with E-state index in [9.17, 15) is 9.59 Å². The minimum Gasteiger partial charge on any atom is -0.461 e. The highest BCUT2D eigenvalue weighted by Crippen LogP contribution is 2.27. The summed E-state index contributed by atoms with van der Waals surface area (Å²) in [6.07, 6.45) is 5.92. The summed E-state index contributed by atoms with van der Waals surface area (Å²) in [4.78, 5) is 25.3. The maximum atomic E-state index is 12.9. The number of carbonyl (C=O) groups is 2. The summed E-state index contributed by atoms with van der Waals surface area (Å²) in [6.45, 7) is 6.32. The molecule has 2 N–H and O–H groups in total. The topological polar surface area (TPSA) is 84.9 Å². The highest BCUT2D eigenvalue weighted by molar-refractivity contribution is 7.20. The van der Waals surface area contributed by atoms with Gasteiger partial charge in [-0.05, 0) is 93.5 Å². The molecular formula is C31H39NO5S. The maximum Gasteiger partial charge on any atom is 0.325 e. The van der Waals surface area contributed by atoms with E-state index < -0.39 is 12.6 Å². The van der Waals surface area contributed by atoms with E-state index in [1.165, 1.54) is 22.5 Å². The van der Waals surface area contributed by atoms with E-state index in [1.54, 1.807) is 0 Å². The molecule has 0 spiro atoms. The zero-order chi connectivity index (χ0) is 27.1. The minimum absolute atomic E-state index is 0.0277. The fourth-order valence-electron chi connectivity index (χ4n) is 4.67. The van der Waals surface area contributed by atoms with Gasteiger partial charge >= 0.3 is 5.97 Å². The molecule has 1 aliphatic carbocycles. The van der Waals surface area contributed by atoms with Gasteiger partial charge in [0, 0.05) is 11.2 Å². The Kier molecular flexibility index (Phi) is 9.71. The molecule has 0 unspecified atom stereocenters. The van der Waals surface area contributed by atoms with Gasteiger partial charge in [-0.15, -0.1) is 11.3 Å². The van der Waals surface area contributed by atoms with Gasteiger partial charge in [0.05, 0.1) is 17.1 Å². The Morgan fingerprint density at radius 3 is 2.45 bits per heavy atom.